The Bertz CT molecular complexity index is 392. The maximum atomic E-state index is 13.4. The minimum Gasteiger partial charge on any atom is -0.349 e. The maximum Gasteiger partial charge on any atom is 0.226 e. The lowest BCUT2D eigenvalue weighted by Crippen LogP contribution is -2.21. The van der Waals surface area contributed by atoms with Crippen LogP contribution in [-0.2, 0) is 4.79 Å². The van der Waals surface area contributed by atoms with Crippen LogP contribution in [0.5, 0.6) is 0 Å². The third-order valence-electron chi connectivity index (χ3n) is 2.36. The first-order valence-corrected chi connectivity index (χ1v) is 5.13. The van der Waals surface area contributed by atoms with Crippen molar-refractivity contribution in [1.82, 2.24) is 4.90 Å². The Hall–Kier alpha value is -1.64. The number of carbonyl (C=O) groups excluding carboxylic acids is 1. The lowest BCUT2D eigenvalue weighted by molar-refractivity contribution is -0.127. The molecule has 0 N–H and O–H groups in total. The fourth-order valence-corrected chi connectivity index (χ4v) is 1.37. The summed E-state index contributed by atoms with van der Waals surface area (Å²) in [4.78, 5) is 13.0. The molecule has 0 bridgehead atoms. The highest BCUT2D eigenvalue weighted by Crippen LogP contribution is 2.23. The van der Waals surface area contributed by atoms with Gasteiger partial charge < -0.3 is 4.90 Å². The summed E-state index contributed by atoms with van der Waals surface area (Å²) in [7, 11) is 3.33. The SMILES string of the molecule is C/C(F)=C(/CC(=O)N(C)C)c1ccccc1. The molecular weight excluding hydrogens is 205 g/mol. The van der Waals surface area contributed by atoms with Gasteiger partial charge in [0.2, 0.25) is 5.91 Å². The highest BCUT2D eigenvalue weighted by Gasteiger charge is 2.12. The van der Waals surface area contributed by atoms with Crippen LogP contribution >= 0.6 is 0 Å². The topological polar surface area (TPSA) is 20.3 Å². The normalized spacial score (nSPS) is 12.0. The summed E-state index contributed by atoms with van der Waals surface area (Å²) in [5.41, 5.74) is 1.22. The summed E-state index contributed by atoms with van der Waals surface area (Å²) in [6, 6.07) is 9.14. The molecule has 1 amide bonds. The van der Waals surface area contributed by atoms with Crippen LogP contribution in [0.4, 0.5) is 4.39 Å². The summed E-state index contributed by atoms with van der Waals surface area (Å²) in [6.07, 6.45) is 0.0966. The molecule has 0 radical (unpaired) electrons. The van der Waals surface area contributed by atoms with Crippen LogP contribution < -0.4 is 0 Å². The fourth-order valence-electron chi connectivity index (χ4n) is 1.37. The van der Waals surface area contributed by atoms with Gasteiger partial charge in [-0.15, -0.1) is 0 Å². The van der Waals surface area contributed by atoms with Crippen molar-refractivity contribution in [1.29, 1.82) is 0 Å². The van der Waals surface area contributed by atoms with E-state index in [1.165, 1.54) is 11.8 Å². The van der Waals surface area contributed by atoms with Crippen molar-refractivity contribution in [2.45, 2.75) is 13.3 Å². The zero-order valence-electron chi connectivity index (χ0n) is 9.83. The number of hydrogen-bond acceptors (Lipinski definition) is 1. The van der Waals surface area contributed by atoms with Crippen molar-refractivity contribution in [2.24, 2.45) is 0 Å². The minimum absolute atomic E-state index is 0.0966. The molecule has 0 aromatic heterocycles. The van der Waals surface area contributed by atoms with Gasteiger partial charge in [0.1, 0.15) is 5.83 Å². The van der Waals surface area contributed by atoms with E-state index in [-0.39, 0.29) is 18.2 Å². The van der Waals surface area contributed by atoms with E-state index in [0.29, 0.717) is 5.57 Å². The standard InChI is InChI=1S/C13H16FNO/c1-10(14)12(9-13(16)15(2)3)11-7-5-4-6-8-11/h4-8H,9H2,1-3H3/b12-10+. The molecule has 1 aromatic rings. The summed E-state index contributed by atoms with van der Waals surface area (Å²) in [5, 5.41) is 0. The Balaban J connectivity index is 2.96. The maximum absolute atomic E-state index is 13.4. The number of carbonyl (C=O) groups is 1. The number of allylic oxidation sites excluding steroid dienone is 1. The van der Waals surface area contributed by atoms with E-state index in [2.05, 4.69) is 0 Å². The van der Waals surface area contributed by atoms with Crippen molar-refractivity contribution in [2.75, 3.05) is 14.1 Å². The van der Waals surface area contributed by atoms with Crippen LogP contribution in [0.2, 0.25) is 0 Å². The second kappa shape index (κ2) is 5.45. The van der Waals surface area contributed by atoms with Crippen LogP contribution in [-0.4, -0.2) is 24.9 Å². The van der Waals surface area contributed by atoms with Gasteiger partial charge in [-0.1, -0.05) is 30.3 Å². The molecule has 0 spiro atoms. The molecule has 0 saturated heterocycles. The van der Waals surface area contributed by atoms with Crippen LogP contribution in [0.25, 0.3) is 5.57 Å². The van der Waals surface area contributed by atoms with Crippen LogP contribution in [0.3, 0.4) is 0 Å². The average molecular weight is 221 g/mol. The Kier molecular flexibility index (Phi) is 4.23. The lowest BCUT2D eigenvalue weighted by atomic mass is 10.0. The molecule has 0 saturated carbocycles. The summed E-state index contributed by atoms with van der Waals surface area (Å²) < 4.78 is 13.4. The Morgan fingerprint density at radius 2 is 1.81 bits per heavy atom. The number of rotatable bonds is 3. The molecule has 0 fully saturated rings. The predicted molar refractivity (Wildman–Crippen MR) is 63.5 cm³/mol. The quantitative estimate of drug-likeness (QED) is 0.768. The Morgan fingerprint density at radius 1 is 1.25 bits per heavy atom. The third kappa shape index (κ3) is 3.19. The number of nitrogens with zero attached hydrogens (tertiary/aromatic N) is 1. The van der Waals surface area contributed by atoms with E-state index in [9.17, 15) is 9.18 Å². The second-order valence-electron chi connectivity index (χ2n) is 3.84. The van der Waals surface area contributed by atoms with Gasteiger partial charge in [0.15, 0.2) is 0 Å². The molecule has 1 aromatic carbocycles. The largest absolute Gasteiger partial charge is 0.349 e. The van der Waals surface area contributed by atoms with E-state index in [0.717, 1.165) is 5.56 Å². The van der Waals surface area contributed by atoms with Crippen LogP contribution in [0.1, 0.15) is 18.9 Å². The monoisotopic (exact) mass is 221 g/mol. The molecule has 0 unspecified atom stereocenters. The number of hydrogen-bond donors (Lipinski definition) is 0. The molecular formula is C13H16FNO. The molecule has 0 aliphatic carbocycles. The molecule has 3 heteroatoms. The van der Waals surface area contributed by atoms with E-state index in [4.69, 9.17) is 0 Å². The van der Waals surface area contributed by atoms with Crippen LogP contribution in [0, 0.1) is 0 Å². The molecule has 0 heterocycles. The summed E-state index contributed by atoms with van der Waals surface area (Å²) in [5.74, 6) is -0.405. The van der Waals surface area contributed by atoms with Crippen molar-refractivity contribution in [3.05, 3.63) is 41.7 Å². The van der Waals surface area contributed by atoms with Gasteiger partial charge in [-0.2, -0.15) is 0 Å². The number of benzene rings is 1. The summed E-state index contributed by atoms with van der Waals surface area (Å²) >= 11 is 0. The molecule has 1 rings (SSSR count). The van der Waals surface area contributed by atoms with E-state index in [1.807, 2.05) is 18.2 Å². The zero-order chi connectivity index (χ0) is 12.1. The highest BCUT2D eigenvalue weighted by atomic mass is 19.1. The Labute approximate surface area is 95.4 Å². The summed E-state index contributed by atoms with van der Waals surface area (Å²) in [6.45, 7) is 1.38. The molecule has 0 atom stereocenters. The molecule has 0 aliphatic rings. The smallest absolute Gasteiger partial charge is 0.226 e. The molecule has 86 valence electrons. The van der Waals surface area contributed by atoms with Crippen LogP contribution in [0.15, 0.2) is 36.2 Å². The highest BCUT2D eigenvalue weighted by molar-refractivity contribution is 5.88. The minimum atomic E-state index is -0.304. The van der Waals surface area contributed by atoms with Gasteiger partial charge in [-0.3, -0.25) is 4.79 Å². The Morgan fingerprint density at radius 3 is 2.25 bits per heavy atom. The lowest BCUT2D eigenvalue weighted by Gasteiger charge is -2.13. The van der Waals surface area contributed by atoms with E-state index < -0.39 is 0 Å². The van der Waals surface area contributed by atoms with Crippen molar-refractivity contribution >= 4 is 11.5 Å². The van der Waals surface area contributed by atoms with Gasteiger partial charge in [0, 0.05) is 14.1 Å². The van der Waals surface area contributed by atoms with E-state index in [1.54, 1.807) is 26.2 Å². The average Bonchev–Trinajstić information content (AvgIpc) is 2.26. The fraction of sp³-hybridized carbons (Fsp3) is 0.308. The van der Waals surface area contributed by atoms with Gasteiger partial charge in [-0.05, 0) is 18.1 Å². The van der Waals surface area contributed by atoms with Gasteiger partial charge in [-0.25, -0.2) is 4.39 Å². The van der Waals surface area contributed by atoms with Gasteiger partial charge in [0.05, 0.1) is 6.42 Å². The predicted octanol–water partition coefficient (Wildman–Crippen LogP) is 2.87. The molecule has 16 heavy (non-hydrogen) atoms. The third-order valence-corrected chi connectivity index (χ3v) is 2.36. The zero-order valence-corrected chi connectivity index (χ0v) is 9.83. The van der Waals surface area contributed by atoms with Crippen molar-refractivity contribution < 1.29 is 9.18 Å². The first-order valence-electron chi connectivity index (χ1n) is 5.13. The number of halogens is 1. The molecule has 2 nitrogen and oxygen atoms in total. The number of amides is 1. The molecule has 0 aliphatic heterocycles. The van der Waals surface area contributed by atoms with Crippen molar-refractivity contribution in [3.63, 3.8) is 0 Å². The van der Waals surface area contributed by atoms with Gasteiger partial charge in [0.25, 0.3) is 0 Å². The van der Waals surface area contributed by atoms with Crippen molar-refractivity contribution in [3.8, 4) is 0 Å². The van der Waals surface area contributed by atoms with E-state index >= 15 is 0 Å². The van der Waals surface area contributed by atoms with Gasteiger partial charge >= 0.3 is 0 Å². The first-order chi connectivity index (χ1) is 7.52. The second-order valence-corrected chi connectivity index (χ2v) is 3.84. The first kappa shape index (κ1) is 12.4.